The molecule has 2 aromatic heterocycles. The van der Waals surface area contributed by atoms with E-state index in [1.807, 2.05) is 36.4 Å². The first-order valence-electron chi connectivity index (χ1n) is 6.88. The molecule has 4 heteroatoms. The van der Waals surface area contributed by atoms with Gasteiger partial charge in [-0.15, -0.1) is 11.3 Å². The highest BCUT2D eigenvalue weighted by Crippen LogP contribution is 2.45. The fraction of sp³-hybridized carbons (Fsp3) is 0. The Balaban J connectivity index is 2.11. The van der Waals surface area contributed by atoms with E-state index in [1.165, 1.54) is 16.8 Å². The van der Waals surface area contributed by atoms with Crippen LogP contribution in [0.25, 0.3) is 31.8 Å². The number of fused-ring (bicyclic) bond motifs is 1. The van der Waals surface area contributed by atoms with Crippen molar-refractivity contribution in [3.8, 4) is 21.6 Å². The SMILES string of the molecule is Clc1ncnc2sc(-c3ccccc3)c(-c3ccccc3)c12. The molecule has 0 spiro atoms. The first-order valence-corrected chi connectivity index (χ1v) is 8.08. The molecule has 0 radical (unpaired) electrons. The molecule has 2 nitrogen and oxygen atoms in total. The third-order valence-electron chi connectivity index (χ3n) is 3.54. The minimum absolute atomic E-state index is 0.502. The topological polar surface area (TPSA) is 25.8 Å². The van der Waals surface area contributed by atoms with Gasteiger partial charge in [0, 0.05) is 10.4 Å². The lowest BCUT2D eigenvalue weighted by Gasteiger charge is -2.05. The average molecular weight is 323 g/mol. The molecule has 2 heterocycles. The molecule has 0 aliphatic carbocycles. The Morgan fingerprint density at radius 1 is 0.773 bits per heavy atom. The van der Waals surface area contributed by atoms with Crippen LogP contribution in [-0.2, 0) is 0 Å². The fourth-order valence-electron chi connectivity index (χ4n) is 2.57. The van der Waals surface area contributed by atoms with Gasteiger partial charge in [-0.2, -0.15) is 0 Å². The lowest BCUT2D eigenvalue weighted by atomic mass is 10.0. The van der Waals surface area contributed by atoms with Gasteiger partial charge in [-0.3, -0.25) is 0 Å². The molecular formula is C18H11ClN2S. The lowest BCUT2D eigenvalue weighted by molar-refractivity contribution is 1.23. The minimum Gasteiger partial charge on any atom is -0.225 e. The molecule has 0 saturated carbocycles. The summed E-state index contributed by atoms with van der Waals surface area (Å²) in [5.41, 5.74) is 3.40. The highest BCUT2D eigenvalue weighted by Gasteiger charge is 2.18. The van der Waals surface area contributed by atoms with Gasteiger partial charge >= 0.3 is 0 Å². The van der Waals surface area contributed by atoms with Crippen LogP contribution < -0.4 is 0 Å². The smallest absolute Gasteiger partial charge is 0.141 e. The van der Waals surface area contributed by atoms with Gasteiger partial charge in [-0.25, -0.2) is 9.97 Å². The van der Waals surface area contributed by atoms with Gasteiger partial charge < -0.3 is 0 Å². The fourth-order valence-corrected chi connectivity index (χ4v) is 4.02. The van der Waals surface area contributed by atoms with Crippen molar-refractivity contribution in [2.45, 2.75) is 0 Å². The Labute approximate surface area is 137 Å². The summed E-state index contributed by atoms with van der Waals surface area (Å²) in [5, 5.41) is 1.43. The molecule has 0 aliphatic heterocycles. The van der Waals surface area contributed by atoms with E-state index < -0.39 is 0 Å². The van der Waals surface area contributed by atoms with Gasteiger partial charge in [0.1, 0.15) is 16.3 Å². The molecule has 0 aliphatic rings. The molecule has 0 unspecified atom stereocenters. The summed E-state index contributed by atoms with van der Waals surface area (Å²) in [6.45, 7) is 0. The van der Waals surface area contributed by atoms with E-state index in [1.54, 1.807) is 11.3 Å². The number of thiophene rings is 1. The van der Waals surface area contributed by atoms with Gasteiger partial charge in [0.15, 0.2) is 0 Å². The van der Waals surface area contributed by atoms with E-state index in [0.29, 0.717) is 5.15 Å². The Bertz CT molecular complexity index is 933. The van der Waals surface area contributed by atoms with E-state index in [4.69, 9.17) is 11.6 Å². The number of hydrogen-bond acceptors (Lipinski definition) is 3. The Morgan fingerprint density at radius 3 is 2.09 bits per heavy atom. The maximum Gasteiger partial charge on any atom is 0.141 e. The van der Waals surface area contributed by atoms with Crippen LogP contribution in [0.3, 0.4) is 0 Å². The molecule has 4 rings (SSSR count). The van der Waals surface area contributed by atoms with Gasteiger partial charge in [-0.1, -0.05) is 72.3 Å². The second kappa shape index (κ2) is 5.52. The van der Waals surface area contributed by atoms with E-state index in [-0.39, 0.29) is 0 Å². The standard InChI is InChI=1S/C18H11ClN2S/c19-17-15-14(12-7-3-1-4-8-12)16(13-9-5-2-6-10-13)22-18(15)21-11-20-17/h1-11H. The molecule has 0 N–H and O–H groups in total. The van der Waals surface area contributed by atoms with E-state index in [2.05, 4.69) is 34.2 Å². The van der Waals surface area contributed by atoms with Gasteiger partial charge in [0.25, 0.3) is 0 Å². The van der Waals surface area contributed by atoms with Gasteiger partial charge in [0.2, 0.25) is 0 Å². The monoisotopic (exact) mass is 322 g/mol. The van der Waals surface area contributed by atoms with Crippen LogP contribution in [0.1, 0.15) is 0 Å². The van der Waals surface area contributed by atoms with Crippen molar-refractivity contribution in [1.29, 1.82) is 0 Å². The van der Waals surface area contributed by atoms with Gasteiger partial charge in [-0.05, 0) is 11.1 Å². The number of halogens is 1. The van der Waals surface area contributed by atoms with E-state index in [0.717, 1.165) is 21.3 Å². The largest absolute Gasteiger partial charge is 0.225 e. The summed E-state index contributed by atoms with van der Waals surface area (Å²) >= 11 is 8.02. The summed E-state index contributed by atoms with van der Waals surface area (Å²) in [5.74, 6) is 0. The lowest BCUT2D eigenvalue weighted by Crippen LogP contribution is -1.83. The maximum absolute atomic E-state index is 6.37. The zero-order chi connectivity index (χ0) is 14.9. The summed E-state index contributed by atoms with van der Waals surface area (Å²) in [7, 11) is 0. The molecule has 0 saturated heterocycles. The first kappa shape index (κ1) is 13.4. The van der Waals surface area contributed by atoms with Crippen molar-refractivity contribution in [3.05, 3.63) is 72.1 Å². The molecule has 0 fully saturated rings. The summed E-state index contributed by atoms with van der Waals surface area (Å²) in [6, 6.07) is 20.6. The number of benzene rings is 2. The second-order valence-electron chi connectivity index (χ2n) is 4.88. The van der Waals surface area contributed by atoms with Crippen LogP contribution in [0.4, 0.5) is 0 Å². The quantitative estimate of drug-likeness (QED) is 0.444. The molecule has 0 bridgehead atoms. The zero-order valence-electron chi connectivity index (χ0n) is 11.5. The molecule has 4 aromatic rings. The predicted molar refractivity (Wildman–Crippen MR) is 93.3 cm³/mol. The predicted octanol–water partition coefficient (Wildman–Crippen LogP) is 5.68. The van der Waals surface area contributed by atoms with Crippen LogP contribution in [0.2, 0.25) is 5.15 Å². The van der Waals surface area contributed by atoms with Crippen molar-refractivity contribution < 1.29 is 0 Å². The van der Waals surface area contributed by atoms with Crippen LogP contribution in [0.5, 0.6) is 0 Å². The van der Waals surface area contributed by atoms with Crippen LogP contribution in [0, 0.1) is 0 Å². The minimum atomic E-state index is 0.502. The van der Waals surface area contributed by atoms with Crippen LogP contribution in [-0.4, -0.2) is 9.97 Å². The van der Waals surface area contributed by atoms with E-state index in [9.17, 15) is 0 Å². The van der Waals surface area contributed by atoms with Crippen LogP contribution in [0.15, 0.2) is 67.0 Å². The second-order valence-corrected chi connectivity index (χ2v) is 6.24. The normalized spacial score (nSPS) is 11.0. The molecular weight excluding hydrogens is 312 g/mol. The number of nitrogens with zero attached hydrogens (tertiary/aromatic N) is 2. The summed E-state index contributed by atoms with van der Waals surface area (Å²) in [6.07, 6.45) is 1.52. The van der Waals surface area contributed by atoms with Crippen molar-refractivity contribution in [3.63, 3.8) is 0 Å². The van der Waals surface area contributed by atoms with Crippen molar-refractivity contribution in [1.82, 2.24) is 9.97 Å². The highest BCUT2D eigenvalue weighted by molar-refractivity contribution is 7.22. The van der Waals surface area contributed by atoms with E-state index >= 15 is 0 Å². The first-order chi connectivity index (χ1) is 10.8. The molecule has 2 aromatic carbocycles. The van der Waals surface area contributed by atoms with Gasteiger partial charge in [0.05, 0.1) is 5.39 Å². The van der Waals surface area contributed by atoms with Crippen LogP contribution >= 0.6 is 22.9 Å². The molecule has 22 heavy (non-hydrogen) atoms. The van der Waals surface area contributed by atoms with Crippen molar-refractivity contribution >= 4 is 33.2 Å². The van der Waals surface area contributed by atoms with Crippen molar-refractivity contribution in [2.24, 2.45) is 0 Å². The number of hydrogen-bond donors (Lipinski definition) is 0. The average Bonchev–Trinajstić information content (AvgIpc) is 2.97. The summed E-state index contributed by atoms with van der Waals surface area (Å²) in [4.78, 5) is 10.6. The zero-order valence-corrected chi connectivity index (χ0v) is 13.1. The summed E-state index contributed by atoms with van der Waals surface area (Å²) < 4.78 is 0. The maximum atomic E-state index is 6.37. The Hall–Kier alpha value is -2.23. The third kappa shape index (κ3) is 2.19. The number of aromatic nitrogens is 2. The Kier molecular flexibility index (Phi) is 3.37. The molecule has 0 amide bonds. The molecule has 0 atom stereocenters. The van der Waals surface area contributed by atoms with Crippen molar-refractivity contribution in [2.75, 3.05) is 0 Å². The third-order valence-corrected chi connectivity index (χ3v) is 4.97. The molecule has 106 valence electrons. The Morgan fingerprint density at radius 2 is 1.41 bits per heavy atom. The highest BCUT2D eigenvalue weighted by atomic mass is 35.5. The number of rotatable bonds is 2.